The summed E-state index contributed by atoms with van der Waals surface area (Å²) in [6.45, 7) is -0.0486. The van der Waals surface area contributed by atoms with E-state index in [-0.39, 0.29) is 29.7 Å². The third kappa shape index (κ3) is 3.66. The van der Waals surface area contributed by atoms with E-state index in [4.69, 9.17) is 5.26 Å². The molecule has 7 heteroatoms. The number of nitrogens with one attached hydrogen (secondary N) is 1. The van der Waals surface area contributed by atoms with Gasteiger partial charge in [-0.1, -0.05) is 0 Å². The number of carbonyl (C=O) groups is 1. The van der Waals surface area contributed by atoms with Gasteiger partial charge < -0.3 is 10.2 Å². The molecule has 4 nitrogen and oxygen atoms in total. The molecule has 0 saturated heterocycles. The SMILES string of the molecule is CN(C(=O)CNc1ccc(C(F)(F)F)cc1C#N)C1CC1. The third-order valence-electron chi connectivity index (χ3n) is 3.39. The van der Waals surface area contributed by atoms with Gasteiger partial charge in [-0.25, -0.2) is 0 Å². The van der Waals surface area contributed by atoms with E-state index < -0.39 is 11.7 Å². The smallest absolute Gasteiger partial charge is 0.375 e. The number of likely N-dealkylation sites (N-methyl/N-ethyl adjacent to an activating group) is 1. The van der Waals surface area contributed by atoms with Crippen LogP contribution < -0.4 is 5.32 Å². The third-order valence-corrected chi connectivity index (χ3v) is 3.39. The first-order valence-corrected chi connectivity index (χ1v) is 6.44. The molecule has 1 amide bonds. The molecule has 0 aliphatic heterocycles. The second kappa shape index (κ2) is 5.64. The number of hydrogen-bond donors (Lipinski definition) is 1. The van der Waals surface area contributed by atoms with Crippen LogP contribution in [0, 0.1) is 11.3 Å². The summed E-state index contributed by atoms with van der Waals surface area (Å²) in [4.78, 5) is 13.4. The summed E-state index contributed by atoms with van der Waals surface area (Å²) in [6, 6.07) is 4.81. The number of anilines is 1. The minimum absolute atomic E-state index is 0.0486. The summed E-state index contributed by atoms with van der Waals surface area (Å²) in [5, 5.41) is 11.7. The summed E-state index contributed by atoms with van der Waals surface area (Å²) in [7, 11) is 1.69. The Hall–Kier alpha value is -2.23. The van der Waals surface area contributed by atoms with Crippen molar-refractivity contribution in [3.8, 4) is 6.07 Å². The second-order valence-electron chi connectivity index (χ2n) is 4.96. The van der Waals surface area contributed by atoms with Crippen LogP contribution in [0.3, 0.4) is 0 Å². The van der Waals surface area contributed by atoms with Crippen molar-refractivity contribution in [3.05, 3.63) is 29.3 Å². The predicted octanol–water partition coefficient (Wildman–Crippen LogP) is 2.61. The first-order valence-electron chi connectivity index (χ1n) is 6.44. The van der Waals surface area contributed by atoms with Crippen molar-refractivity contribution in [2.75, 3.05) is 18.9 Å². The van der Waals surface area contributed by atoms with Crippen LogP contribution >= 0.6 is 0 Å². The normalized spacial score (nSPS) is 14.4. The molecule has 0 aromatic heterocycles. The zero-order chi connectivity index (χ0) is 15.6. The fourth-order valence-electron chi connectivity index (χ4n) is 1.93. The molecule has 0 bridgehead atoms. The molecule has 1 saturated carbocycles. The van der Waals surface area contributed by atoms with Crippen molar-refractivity contribution in [2.45, 2.75) is 25.1 Å². The number of hydrogen-bond acceptors (Lipinski definition) is 3. The summed E-state index contributed by atoms with van der Waals surface area (Å²) in [5.41, 5.74) is -0.791. The highest BCUT2D eigenvalue weighted by Crippen LogP contribution is 2.31. The number of benzene rings is 1. The van der Waals surface area contributed by atoms with E-state index in [1.165, 1.54) is 6.07 Å². The lowest BCUT2D eigenvalue weighted by atomic mass is 10.1. The number of carbonyl (C=O) groups excluding carboxylic acids is 1. The lowest BCUT2D eigenvalue weighted by Gasteiger charge is -2.17. The fraction of sp³-hybridized carbons (Fsp3) is 0.429. The van der Waals surface area contributed by atoms with Crippen molar-refractivity contribution in [1.82, 2.24) is 4.90 Å². The molecule has 1 N–H and O–H groups in total. The van der Waals surface area contributed by atoms with Gasteiger partial charge in [-0.3, -0.25) is 4.79 Å². The van der Waals surface area contributed by atoms with Crippen molar-refractivity contribution in [1.29, 1.82) is 5.26 Å². The molecule has 1 aromatic carbocycles. The molecule has 0 atom stereocenters. The molecule has 0 radical (unpaired) electrons. The van der Waals surface area contributed by atoms with Gasteiger partial charge in [0.2, 0.25) is 5.91 Å². The minimum atomic E-state index is -4.49. The van der Waals surface area contributed by atoms with Crippen molar-refractivity contribution >= 4 is 11.6 Å². The van der Waals surface area contributed by atoms with Gasteiger partial charge >= 0.3 is 6.18 Å². The van der Waals surface area contributed by atoms with Gasteiger partial charge in [-0.2, -0.15) is 18.4 Å². The number of halogens is 3. The Labute approximate surface area is 120 Å². The maximum atomic E-state index is 12.6. The summed E-state index contributed by atoms with van der Waals surface area (Å²) in [6.07, 6.45) is -2.54. The van der Waals surface area contributed by atoms with Crippen molar-refractivity contribution in [2.24, 2.45) is 0 Å². The highest BCUT2D eigenvalue weighted by atomic mass is 19.4. The number of amides is 1. The molecule has 0 heterocycles. The molecule has 21 heavy (non-hydrogen) atoms. The first-order chi connectivity index (χ1) is 9.82. The van der Waals surface area contributed by atoms with Crippen LogP contribution in [0.4, 0.5) is 18.9 Å². The minimum Gasteiger partial charge on any atom is -0.375 e. The zero-order valence-corrected chi connectivity index (χ0v) is 11.4. The molecule has 0 unspecified atom stereocenters. The summed E-state index contributed by atoms with van der Waals surface area (Å²) >= 11 is 0. The van der Waals surface area contributed by atoms with E-state index in [1.807, 2.05) is 0 Å². The highest BCUT2D eigenvalue weighted by molar-refractivity contribution is 5.81. The standard InChI is InChI=1S/C14H14F3N3O/c1-20(11-3-4-11)13(21)8-19-12-5-2-10(14(15,16)17)6-9(12)7-18/h2,5-6,11,19H,3-4,8H2,1H3. The highest BCUT2D eigenvalue weighted by Gasteiger charge is 2.31. The fourth-order valence-corrected chi connectivity index (χ4v) is 1.93. The first kappa shape index (κ1) is 15.2. The van der Waals surface area contributed by atoms with Crippen LogP contribution in [0.5, 0.6) is 0 Å². The maximum absolute atomic E-state index is 12.6. The van der Waals surface area contributed by atoms with Gasteiger partial charge in [-0.15, -0.1) is 0 Å². The molecule has 2 rings (SSSR count). The molecule has 1 aromatic rings. The number of nitrogens with zero attached hydrogens (tertiary/aromatic N) is 2. The lowest BCUT2D eigenvalue weighted by Crippen LogP contribution is -2.33. The van der Waals surface area contributed by atoms with E-state index in [0.29, 0.717) is 0 Å². The topological polar surface area (TPSA) is 56.1 Å². The van der Waals surface area contributed by atoms with E-state index in [0.717, 1.165) is 25.0 Å². The Morgan fingerprint density at radius 2 is 2.14 bits per heavy atom. The van der Waals surface area contributed by atoms with Gasteiger partial charge in [0.15, 0.2) is 0 Å². The molecule has 1 fully saturated rings. The van der Waals surface area contributed by atoms with Crippen LogP contribution in [-0.2, 0) is 11.0 Å². The Kier molecular flexibility index (Phi) is 4.07. The predicted molar refractivity (Wildman–Crippen MR) is 70.4 cm³/mol. The van der Waals surface area contributed by atoms with Crippen molar-refractivity contribution in [3.63, 3.8) is 0 Å². The van der Waals surface area contributed by atoms with Crippen LogP contribution in [-0.4, -0.2) is 30.4 Å². The second-order valence-corrected chi connectivity index (χ2v) is 4.96. The van der Waals surface area contributed by atoms with Gasteiger partial charge in [-0.05, 0) is 31.0 Å². The Bertz CT molecular complexity index is 588. The van der Waals surface area contributed by atoms with Gasteiger partial charge in [0, 0.05) is 13.1 Å². The van der Waals surface area contributed by atoms with E-state index in [1.54, 1.807) is 18.0 Å². The quantitative estimate of drug-likeness (QED) is 0.929. The molecule has 112 valence electrons. The number of alkyl halides is 3. The average molecular weight is 297 g/mol. The monoisotopic (exact) mass is 297 g/mol. The van der Waals surface area contributed by atoms with Gasteiger partial charge in [0.25, 0.3) is 0 Å². The Morgan fingerprint density at radius 1 is 1.48 bits per heavy atom. The van der Waals surface area contributed by atoms with E-state index in [2.05, 4.69) is 5.32 Å². The number of nitriles is 1. The van der Waals surface area contributed by atoms with Gasteiger partial charge in [0.05, 0.1) is 23.4 Å². The largest absolute Gasteiger partial charge is 0.416 e. The van der Waals surface area contributed by atoms with Crippen LogP contribution in [0.25, 0.3) is 0 Å². The number of rotatable bonds is 4. The van der Waals surface area contributed by atoms with Gasteiger partial charge in [0.1, 0.15) is 6.07 Å². The Morgan fingerprint density at radius 3 is 2.67 bits per heavy atom. The molecule has 1 aliphatic carbocycles. The molecule has 0 spiro atoms. The molecular weight excluding hydrogens is 283 g/mol. The lowest BCUT2D eigenvalue weighted by molar-refractivity contribution is -0.137. The molecule has 1 aliphatic rings. The zero-order valence-electron chi connectivity index (χ0n) is 11.4. The van der Waals surface area contributed by atoms with Crippen LogP contribution in [0.1, 0.15) is 24.0 Å². The molecular formula is C14H14F3N3O. The average Bonchev–Trinajstić information content (AvgIpc) is 3.27. The van der Waals surface area contributed by atoms with Crippen LogP contribution in [0.2, 0.25) is 0 Å². The Balaban J connectivity index is 2.06. The summed E-state index contributed by atoms with van der Waals surface area (Å²) in [5.74, 6) is -0.152. The maximum Gasteiger partial charge on any atom is 0.416 e. The summed E-state index contributed by atoms with van der Waals surface area (Å²) < 4.78 is 37.7. The van der Waals surface area contributed by atoms with E-state index in [9.17, 15) is 18.0 Å². The van der Waals surface area contributed by atoms with Crippen molar-refractivity contribution < 1.29 is 18.0 Å². The van der Waals surface area contributed by atoms with Crippen LogP contribution in [0.15, 0.2) is 18.2 Å². The van der Waals surface area contributed by atoms with E-state index >= 15 is 0 Å².